The Morgan fingerprint density at radius 2 is 1.66 bits per heavy atom. The minimum atomic E-state index is -0.705. The topological polar surface area (TPSA) is 83.8 Å². The van der Waals surface area contributed by atoms with Gasteiger partial charge in [0, 0.05) is 11.1 Å². The standard InChI is InChI=1S/C27H25NO6S/c1-3-32-26(30)18(2)34-22-12-10-21(11-13-22)33-16-15-28-23-14-9-20(17-24(23)35-27(28)31)25(29)19-7-5-4-6-8-19/h4-14,17-18H,3,15-16H2,1-2H3. The number of esters is 1. The van der Waals surface area contributed by atoms with Crippen LogP contribution in [0.2, 0.25) is 0 Å². The minimum Gasteiger partial charge on any atom is -0.492 e. The number of hydrogen-bond acceptors (Lipinski definition) is 7. The number of rotatable bonds is 10. The number of fused-ring (bicyclic) bond motifs is 1. The van der Waals surface area contributed by atoms with Crippen LogP contribution in [0.15, 0.2) is 77.6 Å². The lowest BCUT2D eigenvalue weighted by Crippen LogP contribution is -2.26. The van der Waals surface area contributed by atoms with E-state index in [2.05, 4.69) is 0 Å². The Morgan fingerprint density at radius 3 is 2.37 bits per heavy atom. The number of thiazole rings is 1. The molecule has 0 amide bonds. The quantitative estimate of drug-likeness (QED) is 0.236. The van der Waals surface area contributed by atoms with Crippen LogP contribution >= 0.6 is 11.3 Å². The molecule has 3 aromatic carbocycles. The third-order valence-electron chi connectivity index (χ3n) is 5.31. The summed E-state index contributed by atoms with van der Waals surface area (Å²) in [5.41, 5.74) is 1.93. The number of nitrogens with zero attached hydrogens (tertiary/aromatic N) is 1. The molecule has 35 heavy (non-hydrogen) atoms. The van der Waals surface area contributed by atoms with E-state index in [-0.39, 0.29) is 17.3 Å². The van der Waals surface area contributed by atoms with E-state index in [1.54, 1.807) is 73.0 Å². The van der Waals surface area contributed by atoms with Gasteiger partial charge in [-0.2, -0.15) is 0 Å². The predicted molar refractivity (Wildman–Crippen MR) is 135 cm³/mol. The van der Waals surface area contributed by atoms with Crippen molar-refractivity contribution in [1.29, 1.82) is 0 Å². The van der Waals surface area contributed by atoms with Crippen molar-refractivity contribution in [2.45, 2.75) is 26.5 Å². The van der Waals surface area contributed by atoms with Crippen LogP contribution in [0.1, 0.15) is 29.8 Å². The maximum atomic E-state index is 12.7. The predicted octanol–water partition coefficient (Wildman–Crippen LogP) is 4.70. The minimum absolute atomic E-state index is 0.0766. The highest BCUT2D eigenvalue weighted by Crippen LogP contribution is 2.22. The first-order chi connectivity index (χ1) is 17.0. The highest BCUT2D eigenvalue weighted by atomic mass is 32.1. The Kier molecular flexibility index (Phi) is 7.62. The number of carbonyl (C=O) groups excluding carboxylic acids is 2. The van der Waals surface area contributed by atoms with E-state index in [1.807, 2.05) is 18.2 Å². The van der Waals surface area contributed by atoms with Crippen LogP contribution < -0.4 is 14.3 Å². The molecular weight excluding hydrogens is 466 g/mol. The van der Waals surface area contributed by atoms with Gasteiger partial charge in [0.05, 0.1) is 23.4 Å². The fraction of sp³-hybridized carbons (Fsp3) is 0.222. The van der Waals surface area contributed by atoms with Gasteiger partial charge in [-0.3, -0.25) is 14.2 Å². The molecule has 0 saturated heterocycles. The molecule has 1 heterocycles. The molecule has 0 bridgehead atoms. The molecule has 0 radical (unpaired) electrons. The molecule has 7 nitrogen and oxygen atoms in total. The van der Waals surface area contributed by atoms with Crippen LogP contribution in [0.3, 0.4) is 0 Å². The van der Waals surface area contributed by atoms with Crippen molar-refractivity contribution in [2.75, 3.05) is 13.2 Å². The van der Waals surface area contributed by atoms with Crippen molar-refractivity contribution in [3.63, 3.8) is 0 Å². The monoisotopic (exact) mass is 491 g/mol. The van der Waals surface area contributed by atoms with Crippen molar-refractivity contribution >= 4 is 33.3 Å². The SMILES string of the molecule is CCOC(=O)C(C)Oc1ccc(OCCn2c(=O)sc3cc(C(=O)c4ccccc4)ccc32)cc1. The number of carbonyl (C=O) groups is 2. The van der Waals surface area contributed by atoms with Gasteiger partial charge in [0.2, 0.25) is 0 Å². The fourth-order valence-corrected chi connectivity index (χ4v) is 4.51. The molecule has 1 aromatic heterocycles. The average Bonchev–Trinajstić information content (AvgIpc) is 3.19. The maximum Gasteiger partial charge on any atom is 0.347 e. The molecule has 0 aliphatic rings. The van der Waals surface area contributed by atoms with Crippen LogP contribution in [0, 0.1) is 0 Å². The average molecular weight is 492 g/mol. The van der Waals surface area contributed by atoms with Crippen molar-refractivity contribution in [3.05, 3.63) is 93.6 Å². The third kappa shape index (κ3) is 5.78. The summed E-state index contributed by atoms with van der Waals surface area (Å²) >= 11 is 1.11. The molecule has 4 aromatic rings. The van der Waals surface area contributed by atoms with E-state index in [1.165, 1.54) is 0 Å². The van der Waals surface area contributed by atoms with Crippen LogP contribution in [0.4, 0.5) is 0 Å². The van der Waals surface area contributed by atoms with Gasteiger partial charge in [0.25, 0.3) is 0 Å². The van der Waals surface area contributed by atoms with E-state index >= 15 is 0 Å². The first kappa shape index (κ1) is 24.2. The summed E-state index contributed by atoms with van der Waals surface area (Å²) in [7, 11) is 0. The lowest BCUT2D eigenvalue weighted by molar-refractivity contribution is -0.150. The second-order valence-corrected chi connectivity index (χ2v) is 8.72. The summed E-state index contributed by atoms with van der Waals surface area (Å²) in [6, 6.07) is 21.3. The van der Waals surface area contributed by atoms with Crippen molar-refractivity contribution < 1.29 is 23.8 Å². The van der Waals surface area contributed by atoms with Gasteiger partial charge < -0.3 is 14.2 Å². The summed E-state index contributed by atoms with van der Waals surface area (Å²) in [6.45, 7) is 4.33. The summed E-state index contributed by atoms with van der Waals surface area (Å²) in [4.78, 5) is 36.9. The maximum absolute atomic E-state index is 12.7. The van der Waals surface area contributed by atoms with Gasteiger partial charge in [-0.05, 0) is 56.3 Å². The van der Waals surface area contributed by atoms with E-state index in [4.69, 9.17) is 14.2 Å². The molecule has 0 fully saturated rings. The number of ether oxygens (including phenoxy) is 3. The van der Waals surface area contributed by atoms with Gasteiger partial charge in [-0.15, -0.1) is 0 Å². The third-order valence-corrected chi connectivity index (χ3v) is 6.25. The lowest BCUT2D eigenvalue weighted by Gasteiger charge is -2.14. The smallest absolute Gasteiger partial charge is 0.347 e. The molecule has 180 valence electrons. The van der Waals surface area contributed by atoms with Crippen molar-refractivity contribution in [2.24, 2.45) is 0 Å². The van der Waals surface area contributed by atoms with E-state index in [9.17, 15) is 14.4 Å². The molecule has 0 aliphatic heterocycles. The normalized spacial score (nSPS) is 11.7. The van der Waals surface area contributed by atoms with Crippen LogP contribution in [-0.2, 0) is 16.1 Å². The van der Waals surface area contributed by atoms with Gasteiger partial charge >= 0.3 is 10.8 Å². The summed E-state index contributed by atoms with van der Waals surface area (Å²) < 4.78 is 18.7. The second kappa shape index (κ2) is 11.0. The van der Waals surface area contributed by atoms with E-state index < -0.39 is 12.1 Å². The Morgan fingerprint density at radius 1 is 0.943 bits per heavy atom. The molecule has 4 rings (SSSR count). The van der Waals surface area contributed by atoms with E-state index in [0.717, 1.165) is 21.6 Å². The van der Waals surface area contributed by atoms with Crippen molar-refractivity contribution in [3.8, 4) is 11.5 Å². The van der Waals surface area contributed by atoms with Gasteiger partial charge in [-0.25, -0.2) is 4.79 Å². The summed E-state index contributed by atoms with van der Waals surface area (Å²) in [5.74, 6) is 0.647. The largest absolute Gasteiger partial charge is 0.492 e. The highest BCUT2D eigenvalue weighted by molar-refractivity contribution is 7.16. The second-order valence-electron chi connectivity index (χ2n) is 7.73. The molecule has 0 saturated carbocycles. The Hall–Kier alpha value is -3.91. The Bertz CT molecular complexity index is 1370. The lowest BCUT2D eigenvalue weighted by atomic mass is 10.0. The molecular formula is C27H25NO6S. The molecule has 1 unspecified atom stereocenters. The number of aromatic nitrogens is 1. The van der Waals surface area contributed by atoms with Crippen LogP contribution in [-0.4, -0.2) is 35.6 Å². The molecule has 0 spiro atoms. The Balaban J connectivity index is 1.38. The van der Waals surface area contributed by atoms with E-state index in [0.29, 0.717) is 35.8 Å². The molecule has 8 heteroatoms. The fourth-order valence-electron chi connectivity index (χ4n) is 3.56. The first-order valence-corrected chi connectivity index (χ1v) is 12.1. The molecule has 0 N–H and O–H groups in total. The van der Waals surface area contributed by atoms with Gasteiger partial charge in [0.15, 0.2) is 11.9 Å². The molecule has 1 atom stereocenters. The van der Waals surface area contributed by atoms with Crippen LogP contribution in [0.5, 0.6) is 11.5 Å². The van der Waals surface area contributed by atoms with Gasteiger partial charge in [-0.1, -0.05) is 41.7 Å². The zero-order chi connectivity index (χ0) is 24.8. The zero-order valence-electron chi connectivity index (χ0n) is 19.4. The van der Waals surface area contributed by atoms with Gasteiger partial charge in [0.1, 0.15) is 18.1 Å². The first-order valence-electron chi connectivity index (χ1n) is 11.3. The van der Waals surface area contributed by atoms with Crippen molar-refractivity contribution in [1.82, 2.24) is 4.57 Å². The highest BCUT2D eigenvalue weighted by Gasteiger charge is 2.16. The Labute approximate surface area is 206 Å². The molecule has 0 aliphatic carbocycles. The number of benzene rings is 3. The summed E-state index contributed by atoms with van der Waals surface area (Å²) in [6.07, 6.45) is -0.705. The number of ketones is 1. The zero-order valence-corrected chi connectivity index (χ0v) is 20.2. The van der Waals surface area contributed by atoms with Crippen LogP contribution in [0.25, 0.3) is 10.2 Å². The number of hydrogen-bond donors (Lipinski definition) is 0. The summed E-state index contributed by atoms with van der Waals surface area (Å²) in [5, 5.41) is 0.